The van der Waals surface area contributed by atoms with E-state index in [-0.39, 0.29) is 7.43 Å². The molecule has 0 amide bonds. The van der Waals surface area contributed by atoms with Crippen LogP contribution in [0.4, 0.5) is 0 Å². The summed E-state index contributed by atoms with van der Waals surface area (Å²) >= 11 is 0. The van der Waals surface area contributed by atoms with E-state index in [1.54, 1.807) is 0 Å². The number of rotatable bonds is 1. The van der Waals surface area contributed by atoms with E-state index in [2.05, 4.69) is 36.7 Å². The summed E-state index contributed by atoms with van der Waals surface area (Å²) in [5.41, 5.74) is 3.06. The Balaban J connectivity index is 0.00000128. The van der Waals surface area contributed by atoms with Gasteiger partial charge in [-0.25, -0.2) is 0 Å². The van der Waals surface area contributed by atoms with Gasteiger partial charge >= 0.3 is 0 Å². The Bertz CT molecular complexity index is 542. The highest BCUT2D eigenvalue weighted by atomic mass is 15.0. The van der Waals surface area contributed by atoms with Gasteiger partial charge in [0.2, 0.25) is 0 Å². The normalized spacial score (nSPS) is 10.2. The van der Waals surface area contributed by atoms with Crippen molar-refractivity contribution in [2.24, 2.45) is 0 Å². The van der Waals surface area contributed by atoms with Crippen molar-refractivity contribution in [3.63, 3.8) is 0 Å². The number of benzene rings is 1. The molecule has 0 saturated heterocycles. The van der Waals surface area contributed by atoms with Crippen molar-refractivity contribution < 1.29 is 0 Å². The van der Waals surface area contributed by atoms with Gasteiger partial charge in [-0.15, -0.1) is 0 Å². The molecule has 0 atom stereocenters. The molecule has 0 N–H and O–H groups in total. The van der Waals surface area contributed by atoms with Crippen molar-refractivity contribution in [1.29, 1.82) is 5.26 Å². The first-order valence-corrected chi connectivity index (χ1v) is 5.15. The van der Waals surface area contributed by atoms with Crippen LogP contribution in [0.15, 0.2) is 24.4 Å². The minimum absolute atomic E-state index is 0. The predicted molar refractivity (Wildman–Crippen MR) is 68.5 cm³/mol. The number of hydrogen-bond acceptors (Lipinski definition) is 1. The molecule has 84 valence electrons. The molecule has 2 rings (SSSR count). The molecule has 2 heteroatoms. The van der Waals surface area contributed by atoms with Gasteiger partial charge in [0.15, 0.2) is 0 Å². The van der Waals surface area contributed by atoms with E-state index in [4.69, 9.17) is 5.26 Å². The summed E-state index contributed by atoms with van der Waals surface area (Å²) in [6, 6.07) is 8.77. The first kappa shape index (κ1) is 12.3. The number of fused-ring (bicyclic) bond motifs is 1. The van der Waals surface area contributed by atoms with Gasteiger partial charge in [-0.2, -0.15) is 5.26 Å². The lowest BCUT2D eigenvalue weighted by atomic mass is 10.1. The van der Waals surface area contributed by atoms with E-state index < -0.39 is 0 Å². The Kier molecular flexibility index (Phi) is 3.39. The lowest BCUT2D eigenvalue weighted by Gasteiger charge is -2.09. The fourth-order valence-corrected chi connectivity index (χ4v) is 1.95. The van der Waals surface area contributed by atoms with Crippen LogP contribution in [0, 0.1) is 18.3 Å². The molecule has 0 fully saturated rings. The third-order valence-electron chi connectivity index (χ3n) is 2.66. The van der Waals surface area contributed by atoms with Crippen molar-refractivity contribution in [3.8, 4) is 6.07 Å². The minimum Gasteiger partial charge on any atom is -0.345 e. The number of aromatic nitrogens is 1. The van der Waals surface area contributed by atoms with E-state index in [0.717, 1.165) is 22.0 Å². The minimum atomic E-state index is 0. The average molecular weight is 214 g/mol. The highest BCUT2D eigenvalue weighted by molar-refractivity contribution is 5.86. The molecule has 0 radical (unpaired) electrons. The maximum Gasteiger partial charge on any atom is 0.0998 e. The van der Waals surface area contributed by atoms with E-state index in [1.165, 1.54) is 0 Å². The van der Waals surface area contributed by atoms with Crippen molar-refractivity contribution in [1.82, 2.24) is 4.57 Å². The fourth-order valence-electron chi connectivity index (χ4n) is 1.95. The molecule has 0 aliphatic heterocycles. The Morgan fingerprint density at radius 3 is 2.56 bits per heavy atom. The standard InChI is InChI=1S/C13H14N2.CH4/c1-9(2)15-5-4-12-11(8-14)6-10(3)7-13(12)15;/h4-7,9H,1-3H3;1H4. The SMILES string of the molecule is C.Cc1cc(C#N)c2ccn(C(C)C)c2c1. The average Bonchev–Trinajstić information content (AvgIpc) is 2.59. The molecule has 0 aliphatic rings. The van der Waals surface area contributed by atoms with Crippen molar-refractivity contribution in [3.05, 3.63) is 35.5 Å². The number of nitriles is 1. The van der Waals surface area contributed by atoms with Gasteiger partial charge in [0, 0.05) is 23.1 Å². The molecule has 0 unspecified atom stereocenters. The quantitative estimate of drug-likeness (QED) is 0.704. The van der Waals surface area contributed by atoms with Gasteiger partial charge in [-0.1, -0.05) is 7.43 Å². The zero-order chi connectivity index (χ0) is 11.0. The van der Waals surface area contributed by atoms with Crippen molar-refractivity contribution >= 4 is 10.9 Å². The third-order valence-corrected chi connectivity index (χ3v) is 2.66. The second-order valence-electron chi connectivity index (χ2n) is 4.17. The largest absolute Gasteiger partial charge is 0.345 e. The van der Waals surface area contributed by atoms with Crippen LogP contribution in [0.3, 0.4) is 0 Å². The lowest BCUT2D eigenvalue weighted by Crippen LogP contribution is -1.98. The van der Waals surface area contributed by atoms with Crippen LogP contribution in [-0.4, -0.2) is 4.57 Å². The van der Waals surface area contributed by atoms with Gasteiger partial charge in [0.25, 0.3) is 0 Å². The van der Waals surface area contributed by atoms with Crippen LogP contribution < -0.4 is 0 Å². The number of nitrogens with zero attached hydrogens (tertiary/aromatic N) is 2. The lowest BCUT2D eigenvalue weighted by molar-refractivity contribution is 0.623. The Morgan fingerprint density at radius 2 is 2.00 bits per heavy atom. The Labute approximate surface area is 97.1 Å². The van der Waals surface area contributed by atoms with E-state index in [0.29, 0.717) is 6.04 Å². The summed E-state index contributed by atoms with van der Waals surface area (Å²) in [5, 5.41) is 10.1. The van der Waals surface area contributed by atoms with Crippen molar-refractivity contribution in [2.75, 3.05) is 0 Å². The molecular formula is C14H18N2. The van der Waals surface area contributed by atoms with E-state index in [1.807, 2.05) is 19.1 Å². The Hall–Kier alpha value is -1.75. The van der Waals surface area contributed by atoms with Gasteiger partial charge < -0.3 is 4.57 Å². The van der Waals surface area contributed by atoms with Crippen LogP contribution in [0.5, 0.6) is 0 Å². The molecule has 1 aromatic heterocycles. The highest BCUT2D eigenvalue weighted by Crippen LogP contribution is 2.24. The first-order valence-electron chi connectivity index (χ1n) is 5.15. The zero-order valence-corrected chi connectivity index (χ0v) is 9.28. The van der Waals surface area contributed by atoms with Crippen LogP contribution in [0.25, 0.3) is 10.9 Å². The summed E-state index contributed by atoms with van der Waals surface area (Å²) in [5.74, 6) is 0. The predicted octanol–water partition coefficient (Wildman–Crippen LogP) is 4.04. The maximum atomic E-state index is 9.05. The fraction of sp³-hybridized carbons (Fsp3) is 0.357. The van der Waals surface area contributed by atoms with Gasteiger partial charge in [0.1, 0.15) is 0 Å². The molecule has 16 heavy (non-hydrogen) atoms. The number of hydrogen-bond donors (Lipinski definition) is 0. The van der Waals surface area contributed by atoms with Gasteiger partial charge in [-0.05, 0) is 44.5 Å². The molecule has 1 aromatic carbocycles. The summed E-state index contributed by atoms with van der Waals surface area (Å²) in [7, 11) is 0. The summed E-state index contributed by atoms with van der Waals surface area (Å²) in [6.45, 7) is 6.32. The monoisotopic (exact) mass is 214 g/mol. The van der Waals surface area contributed by atoms with Gasteiger partial charge in [-0.3, -0.25) is 0 Å². The summed E-state index contributed by atoms with van der Waals surface area (Å²) in [4.78, 5) is 0. The molecule has 2 aromatic rings. The first-order chi connectivity index (χ1) is 7.13. The molecule has 0 spiro atoms. The second kappa shape index (κ2) is 4.40. The van der Waals surface area contributed by atoms with Crippen molar-refractivity contribution in [2.45, 2.75) is 34.2 Å². The topological polar surface area (TPSA) is 28.7 Å². The molecule has 0 aliphatic carbocycles. The molecule has 2 nitrogen and oxygen atoms in total. The summed E-state index contributed by atoms with van der Waals surface area (Å²) < 4.78 is 2.20. The molecule has 0 saturated carbocycles. The van der Waals surface area contributed by atoms with Crippen LogP contribution in [-0.2, 0) is 0 Å². The third kappa shape index (κ3) is 1.81. The smallest absolute Gasteiger partial charge is 0.0998 e. The van der Waals surface area contributed by atoms with Crippen LogP contribution in [0.1, 0.15) is 38.4 Å². The zero-order valence-electron chi connectivity index (χ0n) is 9.28. The van der Waals surface area contributed by atoms with Gasteiger partial charge in [0.05, 0.1) is 11.6 Å². The highest BCUT2D eigenvalue weighted by Gasteiger charge is 2.08. The molecule has 1 heterocycles. The van der Waals surface area contributed by atoms with Crippen LogP contribution >= 0.6 is 0 Å². The Morgan fingerprint density at radius 1 is 1.31 bits per heavy atom. The second-order valence-corrected chi connectivity index (χ2v) is 4.17. The number of aryl methyl sites for hydroxylation is 1. The maximum absolute atomic E-state index is 9.05. The molecule has 0 bridgehead atoms. The molecular weight excluding hydrogens is 196 g/mol. The summed E-state index contributed by atoms with van der Waals surface area (Å²) in [6.07, 6.45) is 2.05. The van der Waals surface area contributed by atoms with Crippen LogP contribution in [0.2, 0.25) is 0 Å². The van der Waals surface area contributed by atoms with E-state index >= 15 is 0 Å². The van der Waals surface area contributed by atoms with E-state index in [9.17, 15) is 0 Å².